The summed E-state index contributed by atoms with van der Waals surface area (Å²) in [5.41, 5.74) is 1.85. The van der Waals surface area contributed by atoms with Crippen LogP contribution in [0.1, 0.15) is 16.5 Å². The number of benzene rings is 1. The average molecular weight is 356 g/mol. The van der Waals surface area contributed by atoms with E-state index in [1.807, 2.05) is 30.3 Å². The number of halogens is 4. The van der Waals surface area contributed by atoms with E-state index in [0.29, 0.717) is 8.67 Å². The van der Waals surface area contributed by atoms with Gasteiger partial charge in [-0.05, 0) is 23.8 Å². The number of rotatable bonds is 2. The van der Waals surface area contributed by atoms with Crippen LogP contribution in [0.25, 0.3) is 0 Å². The van der Waals surface area contributed by atoms with E-state index in [1.54, 1.807) is 0 Å². The first kappa shape index (κ1) is 12.7. The Bertz CT molecular complexity index is 510. The van der Waals surface area contributed by atoms with Gasteiger partial charge in [-0.25, -0.2) is 0 Å². The van der Waals surface area contributed by atoms with Crippen molar-refractivity contribution >= 4 is 62.1 Å². The van der Waals surface area contributed by atoms with Gasteiger partial charge in [0.1, 0.15) is 0 Å². The maximum absolute atomic E-state index is 6.36. The summed E-state index contributed by atoms with van der Waals surface area (Å²) in [7, 11) is 0. The zero-order valence-electron chi connectivity index (χ0n) is 7.88. The van der Waals surface area contributed by atoms with Gasteiger partial charge in [0.2, 0.25) is 0 Å². The van der Waals surface area contributed by atoms with Crippen LogP contribution in [0.3, 0.4) is 0 Å². The minimum Gasteiger partial charge on any atom is -0.113 e. The van der Waals surface area contributed by atoms with Crippen molar-refractivity contribution in [3.8, 4) is 0 Å². The minimum atomic E-state index is -0.270. The number of thiophene rings is 1. The van der Waals surface area contributed by atoms with Crippen LogP contribution in [-0.2, 0) is 0 Å². The summed E-state index contributed by atoms with van der Waals surface area (Å²) in [5.74, 6) is 0. The van der Waals surface area contributed by atoms with Gasteiger partial charge < -0.3 is 0 Å². The van der Waals surface area contributed by atoms with E-state index >= 15 is 0 Å². The normalized spacial score (nSPS) is 12.8. The number of alkyl halides is 1. The molecule has 1 atom stereocenters. The molecule has 84 valence electrons. The second-order valence-corrected chi connectivity index (χ2v) is 6.83. The standard InChI is InChI=1S/C11H6BrCl3S/c12-7-3-1-2-6(4-7)10(14)8-5-9(13)16-11(8)15/h1-5,10H. The molecule has 2 rings (SSSR count). The number of hydrogen-bond acceptors (Lipinski definition) is 1. The van der Waals surface area contributed by atoms with Gasteiger partial charge in [-0.1, -0.05) is 51.3 Å². The fraction of sp³-hybridized carbons (Fsp3) is 0.0909. The molecule has 2 aromatic rings. The summed E-state index contributed by atoms with van der Waals surface area (Å²) >= 11 is 23.1. The second-order valence-electron chi connectivity index (χ2n) is 3.20. The predicted octanol–water partition coefficient (Wildman–Crippen LogP) is 6.15. The molecule has 0 amide bonds. The molecule has 0 saturated heterocycles. The molecule has 1 aromatic carbocycles. The summed E-state index contributed by atoms with van der Waals surface area (Å²) in [6, 6.07) is 9.64. The highest BCUT2D eigenvalue weighted by atomic mass is 79.9. The summed E-state index contributed by atoms with van der Waals surface area (Å²) < 4.78 is 2.29. The van der Waals surface area contributed by atoms with Gasteiger partial charge in [0.05, 0.1) is 14.0 Å². The molecule has 0 nitrogen and oxygen atoms in total. The third-order valence-corrected chi connectivity index (χ3v) is 4.60. The Morgan fingerprint density at radius 1 is 1.19 bits per heavy atom. The van der Waals surface area contributed by atoms with E-state index in [-0.39, 0.29) is 5.38 Å². The van der Waals surface area contributed by atoms with Crippen LogP contribution in [0.15, 0.2) is 34.8 Å². The second kappa shape index (κ2) is 5.28. The molecule has 0 aliphatic carbocycles. The van der Waals surface area contributed by atoms with E-state index < -0.39 is 0 Å². The maximum atomic E-state index is 6.36. The molecule has 0 aliphatic rings. The van der Waals surface area contributed by atoms with E-state index in [4.69, 9.17) is 34.8 Å². The lowest BCUT2D eigenvalue weighted by Gasteiger charge is -2.09. The Morgan fingerprint density at radius 2 is 1.94 bits per heavy atom. The van der Waals surface area contributed by atoms with Crippen molar-refractivity contribution in [2.24, 2.45) is 0 Å². The Hall–Kier alpha value is 0.270. The van der Waals surface area contributed by atoms with Gasteiger partial charge in [-0.2, -0.15) is 0 Å². The van der Waals surface area contributed by atoms with Crippen molar-refractivity contribution in [2.45, 2.75) is 5.38 Å². The Morgan fingerprint density at radius 3 is 2.50 bits per heavy atom. The molecule has 16 heavy (non-hydrogen) atoms. The molecule has 5 heteroatoms. The maximum Gasteiger partial charge on any atom is 0.0994 e. The smallest absolute Gasteiger partial charge is 0.0994 e. The molecule has 1 heterocycles. The van der Waals surface area contributed by atoms with Crippen molar-refractivity contribution in [2.75, 3.05) is 0 Å². The summed E-state index contributed by atoms with van der Waals surface area (Å²) in [4.78, 5) is 0. The summed E-state index contributed by atoms with van der Waals surface area (Å²) in [6.45, 7) is 0. The fourth-order valence-corrected chi connectivity index (χ4v) is 3.75. The van der Waals surface area contributed by atoms with Crippen LogP contribution in [0.5, 0.6) is 0 Å². The molecule has 1 aromatic heterocycles. The van der Waals surface area contributed by atoms with Crippen molar-refractivity contribution in [3.05, 3.63) is 54.6 Å². The van der Waals surface area contributed by atoms with Gasteiger partial charge in [-0.3, -0.25) is 0 Å². The van der Waals surface area contributed by atoms with Crippen molar-refractivity contribution in [1.29, 1.82) is 0 Å². The molecule has 1 unspecified atom stereocenters. The van der Waals surface area contributed by atoms with Crippen LogP contribution in [0.4, 0.5) is 0 Å². The monoisotopic (exact) mass is 354 g/mol. The topological polar surface area (TPSA) is 0 Å². The zero-order chi connectivity index (χ0) is 11.7. The predicted molar refractivity (Wildman–Crippen MR) is 76.2 cm³/mol. The molecule has 0 aliphatic heterocycles. The highest BCUT2D eigenvalue weighted by Gasteiger charge is 2.17. The van der Waals surface area contributed by atoms with Crippen LogP contribution in [0.2, 0.25) is 8.67 Å². The average Bonchev–Trinajstić information content (AvgIpc) is 2.57. The molecule has 0 fully saturated rings. The van der Waals surface area contributed by atoms with Crippen LogP contribution < -0.4 is 0 Å². The highest BCUT2D eigenvalue weighted by Crippen LogP contribution is 2.40. The van der Waals surface area contributed by atoms with Crippen molar-refractivity contribution in [3.63, 3.8) is 0 Å². The SMILES string of the molecule is Clc1cc(C(Cl)c2cccc(Br)c2)c(Cl)s1. The Labute approximate surface area is 121 Å². The summed E-state index contributed by atoms with van der Waals surface area (Å²) in [5, 5.41) is -0.270. The quantitative estimate of drug-likeness (QED) is 0.567. The third kappa shape index (κ3) is 2.74. The van der Waals surface area contributed by atoms with Gasteiger partial charge in [0.15, 0.2) is 0 Å². The van der Waals surface area contributed by atoms with Crippen LogP contribution >= 0.6 is 62.1 Å². The van der Waals surface area contributed by atoms with Crippen molar-refractivity contribution in [1.82, 2.24) is 0 Å². The fourth-order valence-electron chi connectivity index (χ4n) is 1.37. The third-order valence-electron chi connectivity index (χ3n) is 2.10. The molecule has 0 spiro atoms. The molecule has 0 saturated carbocycles. The van der Waals surface area contributed by atoms with Crippen molar-refractivity contribution < 1.29 is 0 Å². The lowest BCUT2D eigenvalue weighted by molar-refractivity contribution is 1.15. The van der Waals surface area contributed by atoms with Gasteiger partial charge in [0, 0.05) is 10.0 Å². The molecule has 0 bridgehead atoms. The van der Waals surface area contributed by atoms with Gasteiger partial charge in [0.25, 0.3) is 0 Å². The number of hydrogen-bond donors (Lipinski definition) is 0. The van der Waals surface area contributed by atoms with Gasteiger partial charge in [-0.15, -0.1) is 22.9 Å². The lowest BCUT2D eigenvalue weighted by atomic mass is 10.1. The van der Waals surface area contributed by atoms with E-state index in [1.165, 1.54) is 11.3 Å². The van der Waals surface area contributed by atoms with Crippen LogP contribution in [-0.4, -0.2) is 0 Å². The highest BCUT2D eigenvalue weighted by molar-refractivity contribution is 9.10. The molecular formula is C11H6BrCl3S. The zero-order valence-corrected chi connectivity index (χ0v) is 12.6. The first-order valence-corrected chi connectivity index (χ1v) is 7.22. The Balaban J connectivity index is 2.38. The minimum absolute atomic E-state index is 0.270. The largest absolute Gasteiger partial charge is 0.113 e. The van der Waals surface area contributed by atoms with E-state index in [2.05, 4.69) is 15.9 Å². The summed E-state index contributed by atoms with van der Waals surface area (Å²) in [6.07, 6.45) is 0. The Kier molecular flexibility index (Phi) is 4.20. The van der Waals surface area contributed by atoms with Crippen LogP contribution in [0, 0.1) is 0 Å². The van der Waals surface area contributed by atoms with E-state index in [0.717, 1.165) is 15.6 Å². The first-order valence-electron chi connectivity index (χ1n) is 4.42. The van der Waals surface area contributed by atoms with E-state index in [9.17, 15) is 0 Å². The molecular weight excluding hydrogens is 350 g/mol. The molecule has 0 N–H and O–H groups in total. The lowest BCUT2D eigenvalue weighted by Crippen LogP contribution is -1.91. The first-order chi connectivity index (χ1) is 7.58. The van der Waals surface area contributed by atoms with Gasteiger partial charge >= 0.3 is 0 Å². The molecule has 0 radical (unpaired) electrons.